The van der Waals surface area contributed by atoms with Crippen LogP contribution in [0.25, 0.3) is 0 Å². The first kappa shape index (κ1) is 17.4. The molecule has 2 aromatic rings. The van der Waals surface area contributed by atoms with Crippen LogP contribution in [-0.4, -0.2) is 35.8 Å². The van der Waals surface area contributed by atoms with Gasteiger partial charge in [-0.25, -0.2) is 0 Å². The molecule has 0 unspecified atom stereocenters. The van der Waals surface area contributed by atoms with Crippen LogP contribution < -0.4 is 10.2 Å². The van der Waals surface area contributed by atoms with E-state index < -0.39 is 0 Å². The fourth-order valence-electron chi connectivity index (χ4n) is 2.78. The highest BCUT2D eigenvalue weighted by Gasteiger charge is 2.15. The first-order valence-corrected chi connectivity index (χ1v) is 8.74. The Balaban J connectivity index is 1.77. The molecule has 1 aromatic carbocycles. The summed E-state index contributed by atoms with van der Waals surface area (Å²) < 4.78 is 12.9. The number of pyridine rings is 1. The number of benzene rings is 1. The topological polar surface area (TPSA) is 52.8 Å². The van der Waals surface area contributed by atoms with E-state index in [0.717, 1.165) is 31.8 Å². The summed E-state index contributed by atoms with van der Waals surface area (Å²) in [6.07, 6.45) is 3.74. The normalized spacial score (nSPS) is 16.2. The summed E-state index contributed by atoms with van der Waals surface area (Å²) in [5, 5.41) is 0. The Labute approximate surface area is 147 Å². The third-order valence-electron chi connectivity index (χ3n) is 4.02. The molecular weight excluding hydrogens is 316 g/mol. The van der Waals surface area contributed by atoms with Crippen LogP contribution in [0, 0.1) is 0 Å². The maximum absolute atomic E-state index is 12.8. The number of carbonyl (C=O) groups is 1. The molecule has 3 rings (SSSR count). The molecule has 0 N–H and O–H groups in total. The monoisotopic (exact) mass is 340 g/mol. The van der Waals surface area contributed by atoms with E-state index in [1.165, 1.54) is 0 Å². The predicted octanol–water partition coefficient (Wildman–Crippen LogP) is 3.04. The summed E-state index contributed by atoms with van der Waals surface area (Å²) in [5.41, 5.74) is 1.26. The van der Waals surface area contributed by atoms with E-state index in [1.54, 1.807) is 22.9 Å². The minimum atomic E-state index is -0.0994. The smallest absolute Gasteiger partial charge is 0.263 e. The molecule has 0 amide bonds. The third-order valence-corrected chi connectivity index (χ3v) is 4.02. The number of hydrogen-bond donors (Lipinski definition) is 0. The molecule has 132 valence electrons. The molecule has 0 bridgehead atoms. The molecule has 5 heteroatoms. The highest BCUT2D eigenvalue weighted by molar-refractivity contribution is 5.95. The van der Waals surface area contributed by atoms with Gasteiger partial charge in [-0.2, -0.15) is 0 Å². The first-order chi connectivity index (χ1) is 12.1. The van der Waals surface area contributed by atoms with Crippen LogP contribution in [0.1, 0.15) is 37.0 Å². The first-order valence-electron chi connectivity index (χ1n) is 8.74. The van der Waals surface area contributed by atoms with Crippen LogP contribution in [0.4, 0.5) is 0 Å². The Morgan fingerprint density at radius 2 is 1.88 bits per heavy atom. The van der Waals surface area contributed by atoms with Gasteiger partial charge in [0.05, 0.1) is 13.2 Å². The van der Waals surface area contributed by atoms with Crippen LogP contribution >= 0.6 is 0 Å². The molecule has 0 aliphatic carbocycles. The summed E-state index contributed by atoms with van der Waals surface area (Å²) in [5.74, 6) is 0.686. The maximum atomic E-state index is 12.8. The highest BCUT2D eigenvalue weighted by Crippen LogP contribution is 2.18. The van der Waals surface area contributed by atoms with Crippen molar-refractivity contribution in [1.29, 1.82) is 0 Å². The van der Waals surface area contributed by atoms with Gasteiger partial charge in [0.15, 0.2) is 0 Å². The van der Waals surface area contributed by atoms with Crippen LogP contribution in [0.3, 0.4) is 0 Å². The number of hydrogen-bond acceptors (Lipinski definition) is 4. The zero-order valence-corrected chi connectivity index (χ0v) is 14.7. The number of ether oxygens (including phenoxy) is 2. The van der Waals surface area contributed by atoms with Crippen molar-refractivity contribution in [2.45, 2.75) is 38.8 Å². The second-order valence-corrected chi connectivity index (χ2v) is 6.41. The largest absolute Gasteiger partial charge is 0.490 e. The van der Waals surface area contributed by atoms with Crippen molar-refractivity contribution in [3.63, 3.8) is 0 Å². The zero-order valence-electron chi connectivity index (χ0n) is 14.7. The van der Waals surface area contributed by atoms with Gasteiger partial charge in [-0.3, -0.25) is 14.4 Å². The molecule has 0 atom stereocenters. The molecule has 0 spiro atoms. The SMILES string of the molecule is CC(C)N=c1ccccn1C(=O)c1ccc(OC2CCOCC2)cc1. The Kier molecular flexibility index (Phi) is 5.66. The van der Waals surface area contributed by atoms with E-state index >= 15 is 0 Å². The summed E-state index contributed by atoms with van der Waals surface area (Å²) in [7, 11) is 0. The van der Waals surface area contributed by atoms with E-state index in [0.29, 0.717) is 11.1 Å². The number of nitrogens with zero attached hydrogens (tertiary/aromatic N) is 2. The van der Waals surface area contributed by atoms with Crippen molar-refractivity contribution >= 4 is 5.91 Å². The lowest BCUT2D eigenvalue weighted by Crippen LogP contribution is -2.28. The van der Waals surface area contributed by atoms with Gasteiger partial charge in [0.2, 0.25) is 0 Å². The Bertz CT molecular complexity index is 772. The minimum Gasteiger partial charge on any atom is -0.490 e. The fraction of sp³-hybridized carbons (Fsp3) is 0.400. The second kappa shape index (κ2) is 8.12. The molecular formula is C20H24N2O3. The van der Waals surface area contributed by atoms with E-state index in [9.17, 15) is 4.79 Å². The van der Waals surface area contributed by atoms with Crippen LogP contribution in [0.2, 0.25) is 0 Å². The standard InChI is InChI=1S/C20H24N2O3/c1-15(2)21-19-5-3-4-12-22(19)20(23)16-6-8-17(9-7-16)25-18-10-13-24-14-11-18/h3-9,12,15,18H,10-11,13-14H2,1-2H3. The third kappa shape index (κ3) is 4.57. The second-order valence-electron chi connectivity index (χ2n) is 6.41. The summed E-state index contributed by atoms with van der Waals surface area (Å²) in [6, 6.07) is 13.0. The highest BCUT2D eigenvalue weighted by atomic mass is 16.5. The average Bonchev–Trinajstić information content (AvgIpc) is 2.63. The van der Waals surface area contributed by atoms with Crippen molar-refractivity contribution in [1.82, 2.24) is 4.57 Å². The van der Waals surface area contributed by atoms with Crippen molar-refractivity contribution in [3.8, 4) is 5.75 Å². The Morgan fingerprint density at radius 1 is 1.16 bits per heavy atom. The van der Waals surface area contributed by atoms with Crippen molar-refractivity contribution in [2.75, 3.05) is 13.2 Å². The molecule has 1 aromatic heterocycles. The molecule has 0 saturated carbocycles. The lowest BCUT2D eigenvalue weighted by atomic mass is 10.1. The van der Waals surface area contributed by atoms with E-state index in [4.69, 9.17) is 9.47 Å². The van der Waals surface area contributed by atoms with E-state index in [1.807, 2.05) is 44.2 Å². The lowest BCUT2D eigenvalue weighted by Gasteiger charge is -2.23. The molecule has 2 heterocycles. The number of aromatic nitrogens is 1. The molecule has 0 radical (unpaired) electrons. The Morgan fingerprint density at radius 3 is 2.56 bits per heavy atom. The van der Waals surface area contributed by atoms with Gasteiger partial charge in [-0.1, -0.05) is 6.07 Å². The van der Waals surface area contributed by atoms with Gasteiger partial charge < -0.3 is 9.47 Å². The molecule has 1 fully saturated rings. The van der Waals surface area contributed by atoms with Crippen LogP contribution in [0.5, 0.6) is 5.75 Å². The predicted molar refractivity (Wildman–Crippen MR) is 95.8 cm³/mol. The van der Waals surface area contributed by atoms with Gasteiger partial charge in [-0.05, 0) is 50.2 Å². The number of rotatable bonds is 4. The van der Waals surface area contributed by atoms with Gasteiger partial charge >= 0.3 is 0 Å². The van der Waals surface area contributed by atoms with Crippen molar-refractivity contribution < 1.29 is 14.3 Å². The summed E-state index contributed by atoms with van der Waals surface area (Å²) >= 11 is 0. The van der Waals surface area contributed by atoms with Crippen LogP contribution in [-0.2, 0) is 4.74 Å². The molecule has 25 heavy (non-hydrogen) atoms. The van der Waals surface area contributed by atoms with Crippen molar-refractivity contribution in [3.05, 3.63) is 59.7 Å². The quantitative estimate of drug-likeness (QED) is 0.859. The van der Waals surface area contributed by atoms with Gasteiger partial charge in [-0.15, -0.1) is 0 Å². The lowest BCUT2D eigenvalue weighted by molar-refractivity contribution is 0.0256. The average molecular weight is 340 g/mol. The zero-order chi connectivity index (χ0) is 17.6. The van der Waals surface area contributed by atoms with Gasteiger partial charge in [0.25, 0.3) is 5.91 Å². The van der Waals surface area contributed by atoms with Gasteiger partial charge in [0, 0.05) is 30.6 Å². The molecule has 1 saturated heterocycles. The molecule has 1 aliphatic rings. The Hall–Kier alpha value is -2.40. The van der Waals surface area contributed by atoms with Gasteiger partial charge in [0.1, 0.15) is 17.3 Å². The van der Waals surface area contributed by atoms with Crippen LogP contribution in [0.15, 0.2) is 53.7 Å². The fourth-order valence-corrected chi connectivity index (χ4v) is 2.78. The molecule has 5 nitrogen and oxygen atoms in total. The number of carbonyl (C=O) groups excluding carboxylic acids is 1. The van der Waals surface area contributed by atoms with E-state index in [2.05, 4.69) is 4.99 Å². The van der Waals surface area contributed by atoms with Crippen molar-refractivity contribution in [2.24, 2.45) is 4.99 Å². The maximum Gasteiger partial charge on any atom is 0.263 e. The minimum absolute atomic E-state index is 0.0994. The van der Waals surface area contributed by atoms with E-state index in [-0.39, 0.29) is 18.1 Å². The summed E-state index contributed by atoms with van der Waals surface area (Å²) in [6.45, 7) is 5.47. The molecule has 1 aliphatic heterocycles. The summed E-state index contributed by atoms with van der Waals surface area (Å²) in [4.78, 5) is 17.3.